The van der Waals surface area contributed by atoms with Crippen LogP contribution in [0.25, 0.3) is 5.69 Å². The largest absolute Gasteiger partial charge is 0.460 e. The van der Waals surface area contributed by atoms with E-state index < -0.39 is 17.4 Å². The van der Waals surface area contributed by atoms with Gasteiger partial charge in [0, 0.05) is 17.1 Å². The summed E-state index contributed by atoms with van der Waals surface area (Å²) in [4.78, 5) is 39.7. The van der Waals surface area contributed by atoms with Crippen molar-refractivity contribution in [2.45, 2.75) is 46.1 Å². The van der Waals surface area contributed by atoms with Gasteiger partial charge in [0.05, 0.1) is 17.6 Å². The Balaban J connectivity index is 1.86. The molecule has 0 bridgehead atoms. The molecule has 0 aliphatic rings. The van der Waals surface area contributed by atoms with Crippen LogP contribution in [0.2, 0.25) is 10.2 Å². The molecule has 38 heavy (non-hydrogen) atoms. The molecular weight excluding hydrogens is 553 g/mol. The molecule has 1 heterocycles. The fourth-order valence-electron chi connectivity index (χ4n) is 3.65. The molecule has 0 saturated carbocycles. The third-order valence-corrected chi connectivity index (χ3v) is 5.85. The van der Waals surface area contributed by atoms with Gasteiger partial charge in [-0.25, -0.2) is 4.68 Å². The maximum atomic E-state index is 13.2. The minimum atomic E-state index is -0.608. The number of ether oxygens (including phenoxy) is 1. The Morgan fingerprint density at radius 1 is 1.11 bits per heavy atom. The minimum absolute atomic E-state index is 0.106. The molecule has 0 atom stereocenters. The summed E-state index contributed by atoms with van der Waals surface area (Å²) in [6.07, 6.45) is 1.89. The molecule has 2 aromatic carbocycles. The second-order valence-electron chi connectivity index (χ2n) is 9.53. The van der Waals surface area contributed by atoms with Crippen molar-refractivity contribution < 1.29 is 19.1 Å². The summed E-state index contributed by atoms with van der Waals surface area (Å²) in [7, 11) is 0. The molecule has 3 rings (SSSR count). The fourth-order valence-corrected chi connectivity index (χ4v) is 4.09. The number of hydrogen-bond acceptors (Lipinski definition) is 6. The number of esters is 1. The van der Waals surface area contributed by atoms with E-state index in [2.05, 4.69) is 15.6 Å². The molecule has 0 fully saturated rings. The van der Waals surface area contributed by atoms with Gasteiger partial charge in [-0.1, -0.05) is 40.5 Å². The summed E-state index contributed by atoms with van der Waals surface area (Å²) in [5, 5.41) is 11.0. The third-order valence-electron chi connectivity index (χ3n) is 5.21. The molecule has 12 heteroatoms. The number of halogens is 3. The van der Waals surface area contributed by atoms with Crippen molar-refractivity contribution in [1.29, 1.82) is 0 Å². The second kappa shape index (κ2) is 12.6. The molecule has 1 aromatic heterocycles. The number of alkyl halides is 1. The maximum absolute atomic E-state index is 13.2. The first-order chi connectivity index (χ1) is 17.9. The van der Waals surface area contributed by atoms with Crippen LogP contribution in [-0.4, -0.2) is 50.8 Å². The van der Waals surface area contributed by atoms with Crippen LogP contribution in [-0.2, 0) is 25.5 Å². The highest BCUT2D eigenvalue weighted by Crippen LogP contribution is 2.27. The summed E-state index contributed by atoms with van der Waals surface area (Å²) < 4.78 is 6.80. The smallest absolute Gasteiger partial charge is 0.306 e. The Morgan fingerprint density at radius 2 is 1.84 bits per heavy atom. The Hall–Kier alpha value is -3.14. The number of nitrogens with one attached hydrogen (secondary N) is 1. The zero-order valence-electron chi connectivity index (χ0n) is 21.4. The number of carbonyl (C=O) groups is 3. The number of carbonyl (C=O) groups excluding carboxylic acids is 3. The van der Waals surface area contributed by atoms with Gasteiger partial charge in [-0.05, 0) is 69.5 Å². The monoisotopic (exact) mass is 579 g/mol. The number of aromatic nitrogens is 3. The van der Waals surface area contributed by atoms with Crippen LogP contribution in [0.1, 0.15) is 38.3 Å². The lowest BCUT2D eigenvalue weighted by molar-refractivity contribution is -0.154. The number of benzene rings is 2. The van der Waals surface area contributed by atoms with Gasteiger partial charge in [-0.2, -0.15) is 0 Å². The zero-order valence-corrected chi connectivity index (χ0v) is 23.7. The zero-order chi connectivity index (χ0) is 28.0. The van der Waals surface area contributed by atoms with Crippen molar-refractivity contribution in [3.8, 4) is 5.69 Å². The van der Waals surface area contributed by atoms with Crippen molar-refractivity contribution in [2.75, 3.05) is 22.6 Å². The van der Waals surface area contributed by atoms with E-state index in [1.807, 2.05) is 19.1 Å². The summed E-state index contributed by atoms with van der Waals surface area (Å²) in [5.41, 5.74) is 2.27. The van der Waals surface area contributed by atoms with Gasteiger partial charge in [-0.15, -0.1) is 16.7 Å². The highest BCUT2D eigenvalue weighted by atomic mass is 35.5. The van der Waals surface area contributed by atoms with E-state index in [0.717, 1.165) is 5.56 Å². The van der Waals surface area contributed by atoms with Crippen LogP contribution in [0.4, 0.5) is 11.4 Å². The van der Waals surface area contributed by atoms with Gasteiger partial charge in [0.2, 0.25) is 11.8 Å². The first-order valence-electron chi connectivity index (χ1n) is 11.7. The Labute approximate surface area is 236 Å². The Bertz CT molecular complexity index is 1340. The van der Waals surface area contributed by atoms with Crippen LogP contribution in [0.15, 0.2) is 42.6 Å². The lowest BCUT2D eigenvalue weighted by Gasteiger charge is -2.25. The van der Waals surface area contributed by atoms with E-state index in [9.17, 15) is 14.4 Å². The minimum Gasteiger partial charge on any atom is -0.460 e. The summed E-state index contributed by atoms with van der Waals surface area (Å²) in [6.45, 7) is 6.92. The van der Waals surface area contributed by atoms with Crippen LogP contribution < -0.4 is 10.2 Å². The molecule has 0 aliphatic heterocycles. The van der Waals surface area contributed by atoms with Gasteiger partial charge >= 0.3 is 5.97 Å². The first-order valence-corrected chi connectivity index (χ1v) is 13.0. The lowest BCUT2D eigenvalue weighted by atomic mass is 10.0. The molecule has 0 radical (unpaired) electrons. The average molecular weight is 581 g/mol. The van der Waals surface area contributed by atoms with Gasteiger partial charge < -0.3 is 15.0 Å². The van der Waals surface area contributed by atoms with Crippen molar-refractivity contribution in [3.63, 3.8) is 0 Å². The maximum Gasteiger partial charge on any atom is 0.306 e. The van der Waals surface area contributed by atoms with Crippen LogP contribution >= 0.6 is 34.8 Å². The molecule has 3 aromatic rings. The second-order valence-corrected chi connectivity index (χ2v) is 10.6. The van der Waals surface area contributed by atoms with Crippen molar-refractivity contribution in [2.24, 2.45) is 0 Å². The normalized spacial score (nSPS) is 11.2. The van der Waals surface area contributed by atoms with Crippen molar-refractivity contribution >= 4 is 64.0 Å². The molecule has 2 amide bonds. The van der Waals surface area contributed by atoms with Gasteiger partial charge in [0.1, 0.15) is 18.0 Å². The van der Waals surface area contributed by atoms with Crippen LogP contribution in [0.5, 0.6) is 0 Å². The summed E-state index contributed by atoms with van der Waals surface area (Å²) >= 11 is 18.0. The van der Waals surface area contributed by atoms with Crippen molar-refractivity contribution in [1.82, 2.24) is 15.0 Å². The Morgan fingerprint density at radius 3 is 2.47 bits per heavy atom. The molecule has 1 N–H and O–H groups in total. The molecular formula is C26H28Cl3N5O4. The van der Waals surface area contributed by atoms with Crippen LogP contribution in [0.3, 0.4) is 0 Å². The van der Waals surface area contributed by atoms with E-state index in [1.165, 1.54) is 15.8 Å². The fraction of sp³-hybridized carbons (Fsp3) is 0.346. The predicted molar refractivity (Wildman–Crippen MR) is 148 cm³/mol. The summed E-state index contributed by atoms with van der Waals surface area (Å²) in [5.74, 6) is -1.68. The molecule has 0 aliphatic carbocycles. The lowest BCUT2D eigenvalue weighted by Crippen LogP contribution is -2.39. The molecule has 202 valence electrons. The number of hydrogen-bond donors (Lipinski definition) is 1. The third kappa shape index (κ3) is 8.18. The molecule has 0 unspecified atom stereocenters. The molecule has 0 spiro atoms. The number of aryl methyl sites for hydroxylation is 2. The molecule has 9 nitrogen and oxygen atoms in total. The van der Waals surface area contributed by atoms with E-state index in [-0.39, 0.29) is 30.0 Å². The molecule has 0 saturated heterocycles. The van der Waals surface area contributed by atoms with Gasteiger partial charge in [0.15, 0.2) is 5.15 Å². The predicted octanol–water partition coefficient (Wildman–Crippen LogP) is 5.37. The average Bonchev–Trinajstić information content (AvgIpc) is 3.26. The van der Waals surface area contributed by atoms with E-state index in [1.54, 1.807) is 45.0 Å². The Kier molecular flexibility index (Phi) is 9.76. The van der Waals surface area contributed by atoms with Crippen molar-refractivity contribution in [3.05, 3.63) is 63.9 Å². The standard InChI is InChI=1S/C26H28Cl3N5O4/c1-16-5-6-17(7-10-25(37)38-26(2,3)4)21(11-16)33(24(36)13-27)15-23(35)30-19-12-18(28)8-9-20(19)34-14-22(29)31-32-34/h5-6,8-9,11-12,14H,7,10,13,15H2,1-4H3,(H,30,35). The van der Waals surface area contributed by atoms with E-state index >= 15 is 0 Å². The van der Waals surface area contributed by atoms with Crippen LogP contribution in [0, 0.1) is 6.92 Å². The quantitative estimate of drug-likeness (QED) is 0.270. The number of amides is 2. The number of nitrogens with zero attached hydrogens (tertiary/aromatic N) is 4. The number of rotatable bonds is 9. The topological polar surface area (TPSA) is 106 Å². The number of anilines is 2. The highest BCUT2D eigenvalue weighted by molar-refractivity contribution is 6.31. The highest BCUT2D eigenvalue weighted by Gasteiger charge is 2.23. The first kappa shape index (κ1) is 29.4. The van der Waals surface area contributed by atoms with E-state index in [4.69, 9.17) is 39.5 Å². The SMILES string of the molecule is Cc1ccc(CCC(=O)OC(C)(C)C)c(N(CC(=O)Nc2cc(Cl)ccc2-n2cc(Cl)nn2)C(=O)CCl)c1. The van der Waals surface area contributed by atoms with Gasteiger partial charge in [0.25, 0.3) is 0 Å². The summed E-state index contributed by atoms with van der Waals surface area (Å²) in [6, 6.07) is 10.3. The van der Waals surface area contributed by atoms with E-state index in [0.29, 0.717) is 34.1 Å². The van der Waals surface area contributed by atoms with Gasteiger partial charge in [-0.3, -0.25) is 14.4 Å².